The van der Waals surface area contributed by atoms with Crippen LogP contribution in [0.3, 0.4) is 0 Å². The van der Waals surface area contributed by atoms with E-state index in [2.05, 4.69) is 31.8 Å². The van der Waals surface area contributed by atoms with Gasteiger partial charge >= 0.3 is 0 Å². The molecular weight excluding hydrogens is 514 g/mol. The van der Waals surface area contributed by atoms with E-state index in [0.29, 0.717) is 34.8 Å². The number of hydrogen-bond acceptors (Lipinski definition) is 5. The largest absolute Gasteiger partial charge is 0.493 e. The molecule has 0 amide bonds. The van der Waals surface area contributed by atoms with Gasteiger partial charge in [-0.1, -0.05) is 45.7 Å². The molecule has 0 unspecified atom stereocenters. The zero-order chi connectivity index (χ0) is 22.8. The highest BCUT2D eigenvalue weighted by atomic mass is 79.9. The van der Waals surface area contributed by atoms with Crippen LogP contribution in [0.5, 0.6) is 17.2 Å². The maximum absolute atomic E-state index is 6.40. The van der Waals surface area contributed by atoms with Crippen LogP contribution in [0.15, 0.2) is 76.3 Å². The molecule has 3 aromatic rings. The zero-order valence-electron chi connectivity index (χ0n) is 17.2. The standard InChI is InChI=1S/C23H21BrClN3O3S/c1-29-21-14-16(15-26-28-23(32)27-18-5-3-2-4-6-18)13-20(25)22(21)31-12-11-30-19-9-7-17(24)8-10-19/h2-10,13-15H,11-12H2,1H3,(H2,27,28,32)/b26-15-. The average molecular weight is 535 g/mol. The Morgan fingerprint density at radius 2 is 1.78 bits per heavy atom. The third-order valence-corrected chi connectivity index (χ3v) is 5.08. The molecule has 0 bridgehead atoms. The molecule has 0 saturated heterocycles. The molecule has 0 atom stereocenters. The Bertz CT molecular complexity index is 1070. The number of thiocarbonyl (C=S) groups is 1. The van der Waals surface area contributed by atoms with Crippen LogP contribution in [0, 0.1) is 0 Å². The van der Waals surface area contributed by atoms with E-state index in [9.17, 15) is 0 Å². The SMILES string of the molecule is COc1cc(/C=N\NC(=S)Nc2ccccc2)cc(Cl)c1OCCOc1ccc(Br)cc1. The number of para-hydroxylation sites is 1. The molecule has 3 aromatic carbocycles. The van der Waals surface area contributed by atoms with Crippen molar-refractivity contribution >= 4 is 56.8 Å². The number of hydrazone groups is 1. The molecule has 6 nitrogen and oxygen atoms in total. The highest BCUT2D eigenvalue weighted by Crippen LogP contribution is 2.36. The van der Waals surface area contributed by atoms with E-state index in [1.807, 2.05) is 54.6 Å². The number of benzene rings is 3. The Kier molecular flexibility index (Phi) is 9.15. The van der Waals surface area contributed by atoms with Crippen molar-refractivity contribution in [3.05, 3.63) is 81.8 Å². The Labute approximate surface area is 205 Å². The maximum Gasteiger partial charge on any atom is 0.191 e. The summed E-state index contributed by atoms with van der Waals surface area (Å²) >= 11 is 15.0. The predicted octanol–water partition coefficient (Wildman–Crippen LogP) is 5.89. The number of methoxy groups -OCH3 is 1. The Morgan fingerprint density at radius 3 is 2.50 bits per heavy atom. The fourth-order valence-electron chi connectivity index (χ4n) is 2.63. The van der Waals surface area contributed by atoms with E-state index in [1.165, 1.54) is 0 Å². The molecule has 2 N–H and O–H groups in total. The topological polar surface area (TPSA) is 64.1 Å². The summed E-state index contributed by atoms with van der Waals surface area (Å²) in [5.41, 5.74) is 4.36. The van der Waals surface area contributed by atoms with Gasteiger partial charge in [0, 0.05) is 10.2 Å². The minimum atomic E-state index is 0.306. The van der Waals surface area contributed by atoms with Crippen molar-refractivity contribution in [2.75, 3.05) is 25.6 Å². The van der Waals surface area contributed by atoms with Gasteiger partial charge in [-0.2, -0.15) is 5.10 Å². The molecule has 0 aliphatic heterocycles. The third-order valence-electron chi connectivity index (χ3n) is 4.08. The normalized spacial score (nSPS) is 10.6. The number of ether oxygens (including phenoxy) is 3. The molecule has 0 heterocycles. The van der Waals surface area contributed by atoms with Crippen LogP contribution >= 0.6 is 39.7 Å². The van der Waals surface area contributed by atoms with Gasteiger partial charge in [-0.15, -0.1) is 0 Å². The van der Waals surface area contributed by atoms with E-state index >= 15 is 0 Å². The molecule has 32 heavy (non-hydrogen) atoms. The first-order valence-corrected chi connectivity index (χ1v) is 11.2. The minimum absolute atomic E-state index is 0.306. The zero-order valence-corrected chi connectivity index (χ0v) is 20.3. The van der Waals surface area contributed by atoms with Crippen LogP contribution in [0.2, 0.25) is 5.02 Å². The molecule has 0 radical (unpaired) electrons. The molecule has 166 valence electrons. The molecule has 3 rings (SSSR count). The first kappa shape index (κ1) is 23.8. The predicted molar refractivity (Wildman–Crippen MR) is 137 cm³/mol. The van der Waals surface area contributed by atoms with Crippen LogP contribution in [0.4, 0.5) is 5.69 Å². The molecule has 0 saturated carbocycles. The highest BCUT2D eigenvalue weighted by molar-refractivity contribution is 9.10. The Morgan fingerprint density at radius 1 is 1.06 bits per heavy atom. The van der Waals surface area contributed by atoms with Crippen molar-refractivity contribution in [1.82, 2.24) is 5.43 Å². The lowest BCUT2D eigenvalue weighted by molar-refractivity contribution is 0.211. The van der Waals surface area contributed by atoms with E-state index in [1.54, 1.807) is 25.5 Å². The molecule has 9 heteroatoms. The fraction of sp³-hybridized carbons (Fsp3) is 0.130. The van der Waals surface area contributed by atoms with Gasteiger partial charge in [0.15, 0.2) is 16.6 Å². The van der Waals surface area contributed by atoms with Crippen molar-refractivity contribution in [3.8, 4) is 17.2 Å². The fourth-order valence-corrected chi connectivity index (χ4v) is 3.34. The van der Waals surface area contributed by atoms with Crippen LogP contribution in [0.1, 0.15) is 5.56 Å². The van der Waals surface area contributed by atoms with E-state index in [4.69, 9.17) is 38.0 Å². The van der Waals surface area contributed by atoms with Gasteiger partial charge < -0.3 is 19.5 Å². The summed E-state index contributed by atoms with van der Waals surface area (Å²) in [5.74, 6) is 1.70. The first-order valence-electron chi connectivity index (χ1n) is 9.59. The van der Waals surface area contributed by atoms with Crippen molar-refractivity contribution in [2.45, 2.75) is 0 Å². The second-order valence-electron chi connectivity index (χ2n) is 6.38. The quantitative estimate of drug-likeness (QED) is 0.154. The van der Waals surface area contributed by atoms with Crippen molar-refractivity contribution in [1.29, 1.82) is 0 Å². The summed E-state index contributed by atoms with van der Waals surface area (Å²) in [7, 11) is 1.55. The summed E-state index contributed by atoms with van der Waals surface area (Å²) in [5, 5.41) is 7.95. The lowest BCUT2D eigenvalue weighted by Gasteiger charge is -2.14. The van der Waals surface area contributed by atoms with Crippen LogP contribution in [-0.4, -0.2) is 31.7 Å². The monoisotopic (exact) mass is 533 g/mol. The van der Waals surface area contributed by atoms with Crippen LogP contribution in [-0.2, 0) is 0 Å². The smallest absolute Gasteiger partial charge is 0.191 e. The molecule has 0 aliphatic carbocycles. The van der Waals surface area contributed by atoms with E-state index in [0.717, 1.165) is 21.5 Å². The second-order valence-corrected chi connectivity index (χ2v) is 8.11. The van der Waals surface area contributed by atoms with Gasteiger partial charge in [-0.25, -0.2) is 0 Å². The summed E-state index contributed by atoms with van der Waals surface area (Å²) in [6.07, 6.45) is 1.59. The minimum Gasteiger partial charge on any atom is -0.493 e. The van der Waals surface area contributed by atoms with Crippen LogP contribution in [0.25, 0.3) is 0 Å². The molecule has 0 aliphatic rings. The molecule has 0 aromatic heterocycles. The molecule has 0 fully saturated rings. The number of rotatable bonds is 9. The summed E-state index contributed by atoms with van der Waals surface area (Å²) in [6, 6.07) is 20.7. The number of anilines is 1. The van der Waals surface area contributed by atoms with Gasteiger partial charge in [-0.3, -0.25) is 5.43 Å². The van der Waals surface area contributed by atoms with Gasteiger partial charge in [0.25, 0.3) is 0 Å². The second kappa shape index (κ2) is 12.3. The molecular formula is C23H21BrClN3O3S. The van der Waals surface area contributed by atoms with Gasteiger partial charge in [0.1, 0.15) is 19.0 Å². The van der Waals surface area contributed by atoms with Gasteiger partial charge in [0.2, 0.25) is 0 Å². The maximum atomic E-state index is 6.40. The lowest BCUT2D eigenvalue weighted by Crippen LogP contribution is -2.23. The van der Waals surface area contributed by atoms with Gasteiger partial charge in [-0.05, 0) is 66.3 Å². The average Bonchev–Trinajstić information content (AvgIpc) is 2.79. The number of nitrogens with one attached hydrogen (secondary N) is 2. The number of nitrogens with zero attached hydrogens (tertiary/aromatic N) is 1. The Balaban J connectivity index is 1.53. The third kappa shape index (κ3) is 7.40. The lowest BCUT2D eigenvalue weighted by atomic mass is 10.2. The van der Waals surface area contributed by atoms with Crippen molar-refractivity contribution < 1.29 is 14.2 Å². The van der Waals surface area contributed by atoms with E-state index < -0.39 is 0 Å². The van der Waals surface area contributed by atoms with Gasteiger partial charge in [0.05, 0.1) is 18.3 Å². The summed E-state index contributed by atoms with van der Waals surface area (Å²) in [6.45, 7) is 0.667. The van der Waals surface area contributed by atoms with Crippen molar-refractivity contribution in [3.63, 3.8) is 0 Å². The number of halogens is 2. The van der Waals surface area contributed by atoms with Crippen LogP contribution < -0.4 is 25.0 Å². The summed E-state index contributed by atoms with van der Waals surface area (Å²) in [4.78, 5) is 0. The Hall–Kier alpha value is -2.81. The number of hydrogen-bond donors (Lipinski definition) is 2. The van der Waals surface area contributed by atoms with E-state index in [-0.39, 0.29) is 0 Å². The van der Waals surface area contributed by atoms with Crippen molar-refractivity contribution in [2.24, 2.45) is 5.10 Å². The first-order chi connectivity index (χ1) is 15.5. The summed E-state index contributed by atoms with van der Waals surface area (Å²) < 4.78 is 17.9. The molecule has 0 spiro atoms. The highest BCUT2D eigenvalue weighted by Gasteiger charge is 2.12.